The molecule has 1 fully saturated rings. The summed E-state index contributed by atoms with van der Waals surface area (Å²) in [6.45, 7) is 7.31. The average molecular weight is 222 g/mol. The molecule has 0 radical (unpaired) electrons. The van der Waals surface area contributed by atoms with E-state index in [1.165, 1.54) is 19.4 Å². The van der Waals surface area contributed by atoms with Crippen molar-refractivity contribution in [3.05, 3.63) is 23.7 Å². The molecule has 0 saturated carbocycles. The fourth-order valence-electron chi connectivity index (χ4n) is 2.52. The lowest BCUT2D eigenvalue weighted by Gasteiger charge is -2.37. The summed E-state index contributed by atoms with van der Waals surface area (Å²) in [6.07, 6.45) is 4.39. The van der Waals surface area contributed by atoms with Crippen LogP contribution < -0.4 is 5.73 Å². The number of piperidine rings is 1. The molecule has 2 atom stereocenters. The van der Waals surface area contributed by atoms with E-state index in [2.05, 4.69) is 18.7 Å². The van der Waals surface area contributed by atoms with Crippen LogP contribution in [0, 0.1) is 5.92 Å². The second-order valence-electron chi connectivity index (χ2n) is 4.90. The lowest BCUT2D eigenvalue weighted by molar-refractivity contribution is 0.0983. The molecular formula is C13H22N2O. The molecule has 1 aliphatic heterocycles. The van der Waals surface area contributed by atoms with Gasteiger partial charge in [-0.3, -0.25) is 4.90 Å². The molecule has 0 aromatic carbocycles. The molecule has 1 saturated heterocycles. The van der Waals surface area contributed by atoms with Gasteiger partial charge in [0.25, 0.3) is 0 Å². The normalized spacial score (nSPS) is 27.2. The summed E-state index contributed by atoms with van der Waals surface area (Å²) >= 11 is 0. The summed E-state index contributed by atoms with van der Waals surface area (Å²) in [6, 6.07) is 2.62. The highest BCUT2D eigenvalue weighted by atomic mass is 16.3. The molecule has 2 heterocycles. The van der Waals surface area contributed by atoms with Crippen LogP contribution in [0.3, 0.4) is 0 Å². The van der Waals surface area contributed by atoms with Crippen LogP contribution in [0.15, 0.2) is 16.7 Å². The first kappa shape index (κ1) is 11.7. The minimum atomic E-state index is 0.573. The van der Waals surface area contributed by atoms with Crippen molar-refractivity contribution in [2.45, 2.75) is 45.8 Å². The summed E-state index contributed by atoms with van der Waals surface area (Å²) in [4.78, 5) is 2.51. The Balaban J connectivity index is 2.03. The second kappa shape index (κ2) is 5.02. The van der Waals surface area contributed by atoms with Gasteiger partial charge >= 0.3 is 0 Å². The number of nitrogens with zero attached hydrogens (tertiary/aromatic N) is 1. The van der Waals surface area contributed by atoms with E-state index in [1.54, 1.807) is 6.26 Å². The van der Waals surface area contributed by atoms with Crippen molar-refractivity contribution >= 4 is 0 Å². The zero-order valence-electron chi connectivity index (χ0n) is 10.3. The Morgan fingerprint density at radius 1 is 1.50 bits per heavy atom. The minimum Gasteiger partial charge on any atom is -0.468 e. The topological polar surface area (TPSA) is 42.4 Å². The van der Waals surface area contributed by atoms with Crippen molar-refractivity contribution in [1.82, 2.24) is 4.90 Å². The van der Waals surface area contributed by atoms with E-state index in [-0.39, 0.29) is 0 Å². The molecule has 2 N–H and O–H groups in total. The number of nitrogens with two attached hydrogens (primary N) is 1. The van der Waals surface area contributed by atoms with Gasteiger partial charge < -0.3 is 10.2 Å². The number of furan rings is 1. The van der Waals surface area contributed by atoms with E-state index in [0.29, 0.717) is 12.6 Å². The van der Waals surface area contributed by atoms with E-state index in [1.807, 2.05) is 6.07 Å². The van der Waals surface area contributed by atoms with Gasteiger partial charge in [-0.25, -0.2) is 0 Å². The number of rotatable bonds is 3. The van der Waals surface area contributed by atoms with Gasteiger partial charge in [0.1, 0.15) is 5.76 Å². The molecule has 0 amide bonds. The predicted molar refractivity (Wildman–Crippen MR) is 64.9 cm³/mol. The Bertz CT molecular complexity index is 334. The van der Waals surface area contributed by atoms with Crippen LogP contribution in [0.5, 0.6) is 0 Å². The maximum atomic E-state index is 5.68. The fraction of sp³-hybridized carbons (Fsp3) is 0.692. The first-order valence-electron chi connectivity index (χ1n) is 6.21. The standard InChI is InChI=1S/C13H22N2O/c1-10-4-3-6-15(11(10)2)9-13-12(8-14)5-7-16-13/h5,7,10-11H,3-4,6,8-9,14H2,1-2H3. The van der Waals surface area contributed by atoms with Crippen LogP contribution in [0.2, 0.25) is 0 Å². The Labute approximate surface area is 97.6 Å². The molecule has 3 nitrogen and oxygen atoms in total. The predicted octanol–water partition coefficient (Wildman–Crippen LogP) is 2.36. The maximum Gasteiger partial charge on any atom is 0.122 e. The number of hydrogen-bond donors (Lipinski definition) is 1. The Morgan fingerprint density at radius 2 is 2.31 bits per heavy atom. The van der Waals surface area contributed by atoms with Crippen molar-refractivity contribution < 1.29 is 4.42 Å². The molecular weight excluding hydrogens is 200 g/mol. The van der Waals surface area contributed by atoms with Crippen LogP contribution in [0.1, 0.15) is 38.0 Å². The SMILES string of the molecule is CC1CCCN(Cc2occc2CN)C1C. The van der Waals surface area contributed by atoms with Gasteiger partial charge in [-0.15, -0.1) is 0 Å². The summed E-state index contributed by atoms with van der Waals surface area (Å²) in [5.41, 5.74) is 6.83. The summed E-state index contributed by atoms with van der Waals surface area (Å²) in [5.74, 6) is 1.83. The highest BCUT2D eigenvalue weighted by Crippen LogP contribution is 2.25. The lowest BCUT2D eigenvalue weighted by Crippen LogP contribution is -2.41. The van der Waals surface area contributed by atoms with Crippen molar-refractivity contribution in [3.63, 3.8) is 0 Å². The summed E-state index contributed by atoms with van der Waals surface area (Å²) in [5, 5.41) is 0. The van der Waals surface area contributed by atoms with Crippen LogP contribution in [-0.4, -0.2) is 17.5 Å². The first-order chi connectivity index (χ1) is 7.72. The lowest BCUT2D eigenvalue weighted by atomic mass is 9.92. The summed E-state index contributed by atoms with van der Waals surface area (Å²) in [7, 11) is 0. The zero-order chi connectivity index (χ0) is 11.5. The molecule has 2 rings (SSSR count). The summed E-state index contributed by atoms with van der Waals surface area (Å²) < 4.78 is 5.52. The number of hydrogen-bond acceptors (Lipinski definition) is 3. The molecule has 3 heteroatoms. The molecule has 90 valence electrons. The minimum absolute atomic E-state index is 0.573. The van der Waals surface area contributed by atoms with Gasteiger partial charge in [-0.05, 0) is 38.3 Å². The van der Waals surface area contributed by atoms with Crippen LogP contribution in [0.25, 0.3) is 0 Å². The van der Waals surface area contributed by atoms with Crippen LogP contribution in [0.4, 0.5) is 0 Å². The van der Waals surface area contributed by atoms with Crippen LogP contribution >= 0.6 is 0 Å². The molecule has 0 aliphatic carbocycles. The van der Waals surface area contributed by atoms with Crippen molar-refractivity contribution in [2.75, 3.05) is 6.54 Å². The largest absolute Gasteiger partial charge is 0.468 e. The van der Waals surface area contributed by atoms with Crippen LogP contribution in [-0.2, 0) is 13.1 Å². The Hall–Kier alpha value is -0.800. The van der Waals surface area contributed by atoms with Gasteiger partial charge in [-0.2, -0.15) is 0 Å². The van der Waals surface area contributed by atoms with E-state index >= 15 is 0 Å². The van der Waals surface area contributed by atoms with Gasteiger partial charge in [0, 0.05) is 18.2 Å². The monoisotopic (exact) mass is 222 g/mol. The third-order valence-electron chi connectivity index (χ3n) is 3.91. The van der Waals surface area contributed by atoms with Gasteiger partial charge in [-0.1, -0.05) is 6.92 Å². The van der Waals surface area contributed by atoms with Gasteiger partial charge in [0.15, 0.2) is 0 Å². The van der Waals surface area contributed by atoms with Gasteiger partial charge in [0.05, 0.1) is 12.8 Å². The fourth-order valence-corrected chi connectivity index (χ4v) is 2.52. The molecule has 2 unspecified atom stereocenters. The molecule has 1 aromatic heterocycles. The quantitative estimate of drug-likeness (QED) is 0.853. The Kier molecular flexibility index (Phi) is 3.66. The van der Waals surface area contributed by atoms with Gasteiger partial charge in [0.2, 0.25) is 0 Å². The van der Waals surface area contributed by atoms with E-state index < -0.39 is 0 Å². The molecule has 0 spiro atoms. The highest BCUT2D eigenvalue weighted by molar-refractivity contribution is 5.16. The van der Waals surface area contributed by atoms with E-state index in [4.69, 9.17) is 10.2 Å². The third-order valence-corrected chi connectivity index (χ3v) is 3.91. The maximum absolute atomic E-state index is 5.68. The molecule has 1 aromatic rings. The third kappa shape index (κ3) is 2.30. The average Bonchev–Trinajstić information content (AvgIpc) is 2.72. The zero-order valence-corrected chi connectivity index (χ0v) is 10.3. The smallest absolute Gasteiger partial charge is 0.122 e. The van der Waals surface area contributed by atoms with E-state index in [9.17, 15) is 0 Å². The second-order valence-corrected chi connectivity index (χ2v) is 4.90. The Morgan fingerprint density at radius 3 is 3.06 bits per heavy atom. The van der Waals surface area contributed by atoms with E-state index in [0.717, 1.165) is 23.8 Å². The molecule has 16 heavy (non-hydrogen) atoms. The first-order valence-corrected chi connectivity index (χ1v) is 6.21. The highest BCUT2D eigenvalue weighted by Gasteiger charge is 2.25. The van der Waals surface area contributed by atoms with Crippen molar-refractivity contribution in [1.29, 1.82) is 0 Å². The molecule has 0 bridgehead atoms. The van der Waals surface area contributed by atoms with Crippen molar-refractivity contribution in [3.8, 4) is 0 Å². The molecule has 1 aliphatic rings. The van der Waals surface area contributed by atoms with Crippen molar-refractivity contribution in [2.24, 2.45) is 11.7 Å². The number of likely N-dealkylation sites (tertiary alicyclic amines) is 1.